The first kappa shape index (κ1) is 15.2. The van der Waals surface area contributed by atoms with Crippen molar-refractivity contribution >= 4 is 5.69 Å². The summed E-state index contributed by atoms with van der Waals surface area (Å²) in [5, 5.41) is 3.42. The quantitative estimate of drug-likeness (QED) is 0.916. The number of methoxy groups -OCH3 is 1. The molecular weight excluding hydrogens is 264 g/mol. The van der Waals surface area contributed by atoms with Gasteiger partial charge < -0.3 is 14.6 Å². The molecule has 0 saturated carbocycles. The molecule has 0 bridgehead atoms. The van der Waals surface area contributed by atoms with Gasteiger partial charge in [0.25, 0.3) is 5.56 Å². The van der Waals surface area contributed by atoms with Gasteiger partial charge in [-0.25, -0.2) is 0 Å². The Bertz CT molecular complexity index is 677. The van der Waals surface area contributed by atoms with Gasteiger partial charge in [-0.3, -0.25) is 4.79 Å². The summed E-state index contributed by atoms with van der Waals surface area (Å²) < 4.78 is 7.11. The zero-order chi connectivity index (χ0) is 15.4. The number of aryl methyl sites for hydroxylation is 2. The van der Waals surface area contributed by atoms with Crippen molar-refractivity contribution in [3.63, 3.8) is 0 Å². The first-order valence-corrected chi connectivity index (χ1v) is 7.16. The lowest BCUT2D eigenvalue weighted by Gasteiger charge is -2.19. The SMILES string of the molecule is CCn1cc(NC(C)c2cc(C)ccc2OC)ccc1=O. The predicted molar refractivity (Wildman–Crippen MR) is 86.1 cm³/mol. The largest absolute Gasteiger partial charge is 0.496 e. The van der Waals surface area contributed by atoms with Crippen molar-refractivity contribution in [1.82, 2.24) is 4.57 Å². The molecule has 1 N–H and O–H groups in total. The van der Waals surface area contributed by atoms with Gasteiger partial charge in [-0.1, -0.05) is 17.7 Å². The topological polar surface area (TPSA) is 43.3 Å². The van der Waals surface area contributed by atoms with Crippen LogP contribution < -0.4 is 15.6 Å². The average Bonchev–Trinajstić information content (AvgIpc) is 2.49. The third kappa shape index (κ3) is 3.45. The fourth-order valence-corrected chi connectivity index (χ4v) is 2.38. The Balaban J connectivity index is 2.27. The minimum Gasteiger partial charge on any atom is -0.496 e. The van der Waals surface area contributed by atoms with Crippen molar-refractivity contribution in [2.45, 2.75) is 33.4 Å². The molecule has 1 aromatic carbocycles. The molecule has 4 nitrogen and oxygen atoms in total. The third-order valence-corrected chi connectivity index (χ3v) is 3.56. The number of nitrogens with zero attached hydrogens (tertiary/aromatic N) is 1. The smallest absolute Gasteiger partial charge is 0.250 e. The summed E-state index contributed by atoms with van der Waals surface area (Å²) in [7, 11) is 1.68. The Morgan fingerprint density at radius 3 is 2.71 bits per heavy atom. The molecule has 112 valence electrons. The lowest BCUT2D eigenvalue weighted by Crippen LogP contribution is -2.18. The van der Waals surface area contributed by atoms with Crippen molar-refractivity contribution in [2.24, 2.45) is 0 Å². The standard InChI is InChI=1S/C17H22N2O2/c1-5-19-11-14(7-9-17(19)20)18-13(3)15-10-12(2)6-8-16(15)21-4/h6-11,13,18H,5H2,1-4H3. The Kier molecular flexibility index (Phi) is 4.68. The number of rotatable bonds is 5. The van der Waals surface area contributed by atoms with Crippen molar-refractivity contribution in [2.75, 3.05) is 12.4 Å². The molecule has 1 heterocycles. The molecule has 0 spiro atoms. The minimum absolute atomic E-state index is 0.0174. The summed E-state index contributed by atoms with van der Waals surface area (Å²) in [6, 6.07) is 9.62. The van der Waals surface area contributed by atoms with Gasteiger partial charge >= 0.3 is 0 Å². The van der Waals surface area contributed by atoms with Crippen LogP contribution in [0.3, 0.4) is 0 Å². The highest BCUT2D eigenvalue weighted by Crippen LogP contribution is 2.28. The van der Waals surface area contributed by atoms with Crippen LogP contribution in [0.1, 0.15) is 31.0 Å². The van der Waals surface area contributed by atoms with Crippen LogP contribution in [-0.4, -0.2) is 11.7 Å². The zero-order valence-corrected chi connectivity index (χ0v) is 13.0. The van der Waals surface area contributed by atoms with Crippen LogP contribution in [0.25, 0.3) is 0 Å². The molecule has 4 heteroatoms. The van der Waals surface area contributed by atoms with Gasteiger partial charge in [-0.2, -0.15) is 0 Å². The Hall–Kier alpha value is -2.23. The first-order valence-electron chi connectivity index (χ1n) is 7.16. The van der Waals surface area contributed by atoms with Crippen LogP contribution in [0, 0.1) is 6.92 Å². The van der Waals surface area contributed by atoms with E-state index >= 15 is 0 Å². The summed E-state index contributed by atoms with van der Waals surface area (Å²) in [4.78, 5) is 11.6. The van der Waals surface area contributed by atoms with E-state index in [4.69, 9.17) is 4.74 Å². The molecule has 2 aromatic rings. The van der Waals surface area contributed by atoms with E-state index in [-0.39, 0.29) is 11.6 Å². The number of hydrogen-bond donors (Lipinski definition) is 1. The number of aromatic nitrogens is 1. The lowest BCUT2D eigenvalue weighted by atomic mass is 10.0. The summed E-state index contributed by atoms with van der Waals surface area (Å²) in [6.45, 7) is 6.76. The van der Waals surface area contributed by atoms with Gasteiger partial charge in [0, 0.05) is 24.4 Å². The summed E-state index contributed by atoms with van der Waals surface area (Å²) in [5.74, 6) is 0.865. The van der Waals surface area contributed by atoms with E-state index in [1.807, 2.05) is 31.3 Å². The number of hydrogen-bond acceptors (Lipinski definition) is 3. The van der Waals surface area contributed by atoms with Gasteiger partial charge in [0.1, 0.15) is 5.75 Å². The molecule has 1 aromatic heterocycles. The molecule has 1 unspecified atom stereocenters. The predicted octanol–water partition coefficient (Wildman–Crippen LogP) is 3.36. The van der Waals surface area contributed by atoms with Gasteiger partial charge in [-0.05, 0) is 32.9 Å². The van der Waals surface area contributed by atoms with Gasteiger partial charge in [-0.15, -0.1) is 0 Å². The molecule has 0 aliphatic heterocycles. The second kappa shape index (κ2) is 6.48. The highest BCUT2D eigenvalue weighted by molar-refractivity contribution is 5.47. The zero-order valence-electron chi connectivity index (χ0n) is 13.0. The van der Waals surface area contributed by atoms with Crippen LogP contribution in [0.4, 0.5) is 5.69 Å². The third-order valence-electron chi connectivity index (χ3n) is 3.56. The number of benzene rings is 1. The number of ether oxygens (including phenoxy) is 1. The van der Waals surface area contributed by atoms with Crippen molar-refractivity contribution in [3.8, 4) is 5.75 Å². The van der Waals surface area contributed by atoms with E-state index in [9.17, 15) is 4.79 Å². The molecule has 0 saturated heterocycles. The minimum atomic E-state index is 0.0174. The average molecular weight is 286 g/mol. The molecular formula is C17H22N2O2. The number of pyridine rings is 1. The molecule has 0 fully saturated rings. The highest BCUT2D eigenvalue weighted by atomic mass is 16.5. The van der Waals surface area contributed by atoms with Crippen LogP contribution in [-0.2, 0) is 6.54 Å². The molecule has 21 heavy (non-hydrogen) atoms. The molecule has 0 amide bonds. The van der Waals surface area contributed by atoms with E-state index in [1.165, 1.54) is 5.56 Å². The molecule has 0 aliphatic carbocycles. The van der Waals surface area contributed by atoms with Crippen LogP contribution in [0.5, 0.6) is 5.75 Å². The maximum absolute atomic E-state index is 11.6. The number of nitrogens with one attached hydrogen (secondary N) is 1. The highest BCUT2D eigenvalue weighted by Gasteiger charge is 2.12. The van der Waals surface area contributed by atoms with E-state index in [0.29, 0.717) is 6.54 Å². The molecule has 0 aliphatic rings. The fraction of sp³-hybridized carbons (Fsp3) is 0.353. The van der Waals surface area contributed by atoms with Gasteiger partial charge in [0.05, 0.1) is 18.8 Å². The normalized spacial score (nSPS) is 12.0. The van der Waals surface area contributed by atoms with Crippen molar-refractivity contribution < 1.29 is 4.74 Å². The van der Waals surface area contributed by atoms with Crippen LogP contribution in [0.2, 0.25) is 0 Å². The second-order valence-electron chi connectivity index (χ2n) is 5.15. The summed E-state index contributed by atoms with van der Waals surface area (Å²) in [5.41, 5.74) is 3.24. The Labute approximate surface area is 125 Å². The summed E-state index contributed by atoms with van der Waals surface area (Å²) >= 11 is 0. The summed E-state index contributed by atoms with van der Waals surface area (Å²) in [6.07, 6.45) is 1.85. The van der Waals surface area contributed by atoms with Gasteiger partial charge in [0.15, 0.2) is 0 Å². The Morgan fingerprint density at radius 2 is 2.05 bits per heavy atom. The monoisotopic (exact) mass is 286 g/mol. The maximum Gasteiger partial charge on any atom is 0.250 e. The van der Waals surface area contributed by atoms with Crippen molar-refractivity contribution in [3.05, 3.63) is 58.0 Å². The van der Waals surface area contributed by atoms with Crippen LogP contribution in [0.15, 0.2) is 41.3 Å². The van der Waals surface area contributed by atoms with E-state index in [1.54, 1.807) is 17.7 Å². The maximum atomic E-state index is 11.6. The van der Waals surface area contributed by atoms with Gasteiger partial charge in [0.2, 0.25) is 0 Å². The van der Waals surface area contributed by atoms with E-state index in [0.717, 1.165) is 17.0 Å². The fourth-order valence-electron chi connectivity index (χ4n) is 2.38. The molecule has 2 rings (SSSR count). The first-order chi connectivity index (χ1) is 10.0. The second-order valence-corrected chi connectivity index (χ2v) is 5.15. The Morgan fingerprint density at radius 1 is 1.29 bits per heavy atom. The molecule has 1 atom stereocenters. The van der Waals surface area contributed by atoms with E-state index < -0.39 is 0 Å². The van der Waals surface area contributed by atoms with Crippen molar-refractivity contribution in [1.29, 1.82) is 0 Å². The number of anilines is 1. The van der Waals surface area contributed by atoms with Crippen LogP contribution >= 0.6 is 0 Å². The van der Waals surface area contributed by atoms with E-state index in [2.05, 4.69) is 25.2 Å². The lowest BCUT2D eigenvalue weighted by molar-refractivity contribution is 0.408. The molecule has 0 radical (unpaired) electrons.